The van der Waals surface area contributed by atoms with E-state index in [2.05, 4.69) is 10.3 Å². The highest BCUT2D eigenvalue weighted by molar-refractivity contribution is 6.05. The number of aromatic amines is 1. The molecule has 0 aliphatic carbocycles. The molecular formula is C22H21N3O2. The van der Waals surface area contributed by atoms with Gasteiger partial charge in [0.2, 0.25) is 0 Å². The van der Waals surface area contributed by atoms with E-state index in [1.165, 1.54) is 0 Å². The number of carbonyl (C=O) groups is 1. The van der Waals surface area contributed by atoms with E-state index < -0.39 is 0 Å². The molecule has 2 aromatic carbocycles. The van der Waals surface area contributed by atoms with Gasteiger partial charge in [0.15, 0.2) is 0 Å². The van der Waals surface area contributed by atoms with Crippen LogP contribution in [0.1, 0.15) is 21.5 Å². The molecule has 2 N–H and O–H groups in total. The van der Waals surface area contributed by atoms with Crippen LogP contribution in [0.15, 0.2) is 71.7 Å². The summed E-state index contributed by atoms with van der Waals surface area (Å²) in [7, 11) is 3.87. The largest absolute Gasteiger partial charge is 0.378 e. The second kappa shape index (κ2) is 8.19. The van der Waals surface area contributed by atoms with Crippen LogP contribution in [0.25, 0.3) is 12.2 Å². The van der Waals surface area contributed by atoms with Crippen molar-refractivity contribution in [2.45, 2.75) is 0 Å². The summed E-state index contributed by atoms with van der Waals surface area (Å²) in [4.78, 5) is 28.8. The first-order valence-electron chi connectivity index (χ1n) is 8.57. The number of hydrogen-bond acceptors (Lipinski definition) is 3. The zero-order valence-corrected chi connectivity index (χ0v) is 15.3. The third-order valence-corrected chi connectivity index (χ3v) is 4.07. The number of carbonyl (C=O) groups excluding carboxylic acids is 1. The van der Waals surface area contributed by atoms with Crippen molar-refractivity contribution < 1.29 is 4.79 Å². The number of H-pyrrole nitrogens is 1. The lowest BCUT2D eigenvalue weighted by Crippen LogP contribution is -2.14. The molecule has 0 spiro atoms. The molecule has 3 rings (SSSR count). The molecule has 27 heavy (non-hydrogen) atoms. The molecule has 0 aliphatic heterocycles. The van der Waals surface area contributed by atoms with Gasteiger partial charge in [0.25, 0.3) is 11.5 Å². The average molecular weight is 359 g/mol. The number of amides is 1. The van der Waals surface area contributed by atoms with E-state index in [1.54, 1.807) is 30.5 Å². The van der Waals surface area contributed by atoms with Crippen LogP contribution >= 0.6 is 0 Å². The Labute approximate surface area is 158 Å². The van der Waals surface area contributed by atoms with Gasteiger partial charge in [-0.15, -0.1) is 0 Å². The molecular weight excluding hydrogens is 338 g/mol. The van der Waals surface area contributed by atoms with E-state index in [9.17, 15) is 9.59 Å². The summed E-state index contributed by atoms with van der Waals surface area (Å²) in [6, 6.07) is 18.4. The van der Waals surface area contributed by atoms with E-state index in [4.69, 9.17) is 0 Å². The molecule has 5 nitrogen and oxygen atoms in total. The summed E-state index contributed by atoms with van der Waals surface area (Å²) < 4.78 is 0. The molecule has 3 aromatic rings. The first-order chi connectivity index (χ1) is 13.0. The standard InChI is InChI=1S/C22H21N3O2/c1-25(2)20-10-4-7-18(15-20)22(27)24-19-9-3-6-16(14-19)11-12-17-8-5-13-23-21(17)26/h3-15H,1-2H3,(H,23,26)(H,24,27)/b12-11+. The molecule has 0 saturated carbocycles. The third-order valence-electron chi connectivity index (χ3n) is 4.07. The highest BCUT2D eigenvalue weighted by Crippen LogP contribution is 2.17. The molecule has 0 atom stereocenters. The van der Waals surface area contributed by atoms with Crippen LogP contribution < -0.4 is 15.8 Å². The predicted molar refractivity (Wildman–Crippen MR) is 111 cm³/mol. The Bertz CT molecular complexity index is 1040. The fraction of sp³-hybridized carbons (Fsp3) is 0.0909. The van der Waals surface area contributed by atoms with Crippen molar-refractivity contribution >= 4 is 29.4 Å². The van der Waals surface area contributed by atoms with Gasteiger partial charge in [0, 0.05) is 42.8 Å². The minimum atomic E-state index is -0.167. The summed E-state index contributed by atoms with van der Waals surface area (Å²) >= 11 is 0. The molecule has 5 heteroatoms. The van der Waals surface area contributed by atoms with Gasteiger partial charge in [0.05, 0.1) is 0 Å². The van der Waals surface area contributed by atoms with Gasteiger partial charge in [-0.2, -0.15) is 0 Å². The van der Waals surface area contributed by atoms with Gasteiger partial charge < -0.3 is 15.2 Å². The maximum absolute atomic E-state index is 12.5. The Morgan fingerprint density at radius 1 is 1.00 bits per heavy atom. The van der Waals surface area contributed by atoms with Crippen molar-refractivity contribution in [2.75, 3.05) is 24.3 Å². The van der Waals surface area contributed by atoms with Gasteiger partial charge in [-0.1, -0.05) is 24.3 Å². The first-order valence-corrected chi connectivity index (χ1v) is 8.57. The minimum Gasteiger partial charge on any atom is -0.378 e. The molecule has 136 valence electrons. The zero-order chi connectivity index (χ0) is 19.2. The summed E-state index contributed by atoms with van der Waals surface area (Å²) in [5.74, 6) is -0.167. The van der Waals surface area contributed by atoms with Crippen LogP contribution in [-0.2, 0) is 0 Å². The SMILES string of the molecule is CN(C)c1cccc(C(=O)Nc2cccc(/C=C/c3ccc[nH]c3=O)c2)c1. The lowest BCUT2D eigenvalue weighted by Gasteiger charge is -2.13. The third kappa shape index (κ3) is 4.73. The Kier molecular flexibility index (Phi) is 5.52. The first kappa shape index (κ1) is 18.2. The number of benzene rings is 2. The number of rotatable bonds is 5. The summed E-state index contributed by atoms with van der Waals surface area (Å²) in [6.07, 6.45) is 5.19. The lowest BCUT2D eigenvalue weighted by atomic mass is 10.1. The van der Waals surface area contributed by atoms with Crippen molar-refractivity contribution in [3.8, 4) is 0 Å². The van der Waals surface area contributed by atoms with E-state index in [1.807, 2.05) is 67.5 Å². The predicted octanol–water partition coefficient (Wildman–Crippen LogP) is 3.86. The van der Waals surface area contributed by atoms with Crippen molar-refractivity contribution in [3.05, 3.63) is 93.9 Å². The molecule has 0 bridgehead atoms. The average Bonchev–Trinajstić information content (AvgIpc) is 2.68. The molecule has 0 unspecified atom stereocenters. The van der Waals surface area contributed by atoms with Gasteiger partial charge in [-0.05, 0) is 54.1 Å². The molecule has 0 saturated heterocycles. The van der Waals surface area contributed by atoms with E-state index in [0.29, 0.717) is 16.8 Å². The topological polar surface area (TPSA) is 65.2 Å². The van der Waals surface area contributed by atoms with Crippen LogP contribution in [0.3, 0.4) is 0 Å². The molecule has 0 radical (unpaired) electrons. The van der Waals surface area contributed by atoms with Crippen molar-refractivity contribution in [1.29, 1.82) is 0 Å². The lowest BCUT2D eigenvalue weighted by molar-refractivity contribution is 0.102. The van der Waals surface area contributed by atoms with Gasteiger partial charge in [-0.3, -0.25) is 9.59 Å². The van der Waals surface area contributed by atoms with Gasteiger partial charge in [0.1, 0.15) is 0 Å². The van der Waals surface area contributed by atoms with Crippen LogP contribution in [0.5, 0.6) is 0 Å². The second-order valence-corrected chi connectivity index (χ2v) is 6.31. The fourth-order valence-electron chi connectivity index (χ4n) is 2.60. The molecule has 1 heterocycles. The normalized spacial score (nSPS) is 10.7. The maximum atomic E-state index is 12.5. The van der Waals surface area contributed by atoms with Gasteiger partial charge in [-0.25, -0.2) is 0 Å². The highest BCUT2D eigenvalue weighted by atomic mass is 16.1. The second-order valence-electron chi connectivity index (χ2n) is 6.31. The van der Waals surface area contributed by atoms with Crippen LogP contribution in [-0.4, -0.2) is 25.0 Å². The minimum absolute atomic E-state index is 0.140. The fourth-order valence-corrected chi connectivity index (χ4v) is 2.60. The molecule has 1 amide bonds. The Balaban J connectivity index is 1.76. The van der Waals surface area contributed by atoms with Gasteiger partial charge >= 0.3 is 0 Å². The maximum Gasteiger partial charge on any atom is 0.255 e. The van der Waals surface area contributed by atoms with Crippen LogP contribution in [0.4, 0.5) is 11.4 Å². The summed E-state index contributed by atoms with van der Waals surface area (Å²) in [6.45, 7) is 0. The number of hydrogen-bond donors (Lipinski definition) is 2. The molecule has 0 aliphatic rings. The molecule has 1 aromatic heterocycles. The number of pyridine rings is 1. The van der Waals surface area contributed by atoms with Crippen LogP contribution in [0.2, 0.25) is 0 Å². The number of aromatic nitrogens is 1. The zero-order valence-electron chi connectivity index (χ0n) is 15.3. The monoisotopic (exact) mass is 359 g/mol. The van der Waals surface area contributed by atoms with Crippen molar-refractivity contribution in [3.63, 3.8) is 0 Å². The van der Waals surface area contributed by atoms with Crippen molar-refractivity contribution in [1.82, 2.24) is 4.98 Å². The van der Waals surface area contributed by atoms with Crippen LogP contribution in [0, 0.1) is 0 Å². The van der Waals surface area contributed by atoms with Crippen molar-refractivity contribution in [2.24, 2.45) is 0 Å². The summed E-state index contributed by atoms with van der Waals surface area (Å²) in [5, 5.41) is 2.92. The number of nitrogens with one attached hydrogen (secondary N) is 2. The number of anilines is 2. The van der Waals surface area contributed by atoms with E-state index in [-0.39, 0.29) is 11.5 Å². The highest BCUT2D eigenvalue weighted by Gasteiger charge is 2.07. The summed E-state index contributed by atoms with van der Waals surface area (Å²) in [5.41, 5.74) is 3.58. The molecule has 0 fully saturated rings. The quantitative estimate of drug-likeness (QED) is 0.727. The Morgan fingerprint density at radius 3 is 2.59 bits per heavy atom. The Morgan fingerprint density at radius 2 is 1.81 bits per heavy atom. The van der Waals surface area contributed by atoms with E-state index >= 15 is 0 Å². The smallest absolute Gasteiger partial charge is 0.255 e. The van der Waals surface area contributed by atoms with E-state index in [0.717, 1.165) is 11.3 Å². The Hall–Kier alpha value is -3.60. The number of nitrogens with zero attached hydrogens (tertiary/aromatic N) is 1.